The summed E-state index contributed by atoms with van der Waals surface area (Å²) < 4.78 is 1.71. The monoisotopic (exact) mass is 311 g/mol. The Bertz CT molecular complexity index is 684. The Labute approximate surface area is 135 Å². The van der Waals surface area contributed by atoms with Crippen LogP contribution in [-0.4, -0.2) is 26.8 Å². The number of hydrogen-bond acceptors (Lipinski definition) is 3. The third kappa shape index (κ3) is 3.06. The molecule has 0 spiro atoms. The van der Waals surface area contributed by atoms with Crippen LogP contribution in [-0.2, 0) is 6.54 Å². The molecule has 2 heterocycles. The van der Waals surface area contributed by atoms with Gasteiger partial charge in [0.05, 0.1) is 0 Å². The van der Waals surface area contributed by atoms with Gasteiger partial charge >= 0.3 is 6.03 Å². The van der Waals surface area contributed by atoms with Crippen LogP contribution in [0.25, 0.3) is 5.82 Å². The van der Waals surface area contributed by atoms with E-state index in [2.05, 4.69) is 20.7 Å². The summed E-state index contributed by atoms with van der Waals surface area (Å²) in [5, 5.41) is 10.3. The van der Waals surface area contributed by atoms with E-state index >= 15 is 0 Å². The van der Waals surface area contributed by atoms with Crippen molar-refractivity contribution in [3.8, 4) is 5.82 Å². The van der Waals surface area contributed by atoms with Crippen LogP contribution in [0.15, 0.2) is 36.8 Å². The lowest BCUT2D eigenvalue weighted by molar-refractivity contribution is 0.230. The van der Waals surface area contributed by atoms with E-state index in [0.717, 1.165) is 23.7 Å². The standard InChI is InChI=1S/C17H21N5O/c23-17(21-15-9-12-2-3-14(15)8-12)19-11-13-4-6-18-16(10-13)22-7-1-5-20-22/h1,4-7,10,12,14-15H,2-3,8-9,11H2,(H2,19,21,23)/t12-,14?,15+/m1/s1. The first-order valence-electron chi connectivity index (χ1n) is 8.27. The number of urea groups is 1. The van der Waals surface area contributed by atoms with E-state index in [1.807, 2.05) is 24.4 Å². The van der Waals surface area contributed by atoms with E-state index in [4.69, 9.17) is 0 Å². The molecule has 6 nitrogen and oxygen atoms in total. The molecule has 3 atom stereocenters. The second-order valence-corrected chi connectivity index (χ2v) is 6.58. The lowest BCUT2D eigenvalue weighted by Crippen LogP contribution is -2.44. The van der Waals surface area contributed by atoms with E-state index < -0.39 is 0 Å². The van der Waals surface area contributed by atoms with E-state index in [-0.39, 0.29) is 6.03 Å². The highest BCUT2D eigenvalue weighted by Crippen LogP contribution is 2.44. The van der Waals surface area contributed by atoms with Crippen molar-refractivity contribution < 1.29 is 4.79 Å². The molecule has 2 fully saturated rings. The minimum absolute atomic E-state index is 0.0694. The van der Waals surface area contributed by atoms with E-state index in [1.165, 1.54) is 19.3 Å². The fourth-order valence-corrected chi connectivity index (χ4v) is 3.92. The minimum Gasteiger partial charge on any atom is -0.335 e. The van der Waals surface area contributed by atoms with Crippen molar-refractivity contribution in [3.05, 3.63) is 42.4 Å². The molecule has 2 bridgehead atoms. The number of fused-ring (bicyclic) bond motifs is 2. The number of aromatic nitrogens is 3. The van der Waals surface area contributed by atoms with Crippen molar-refractivity contribution in [1.82, 2.24) is 25.4 Å². The highest BCUT2D eigenvalue weighted by molar-refractivity contribution is 5.74. The first kappa shape index (κ1) is 14.2. The lowest BCUT2D eigenvalue weighted by Gasteiger charge is -2.23. The van der Waals surface area contributed by atoms with Crippen LogP contribution in [0.1, 0.15) is 31.2 Å². The number of nitrogens with one attached hydrogen (secondary N) is 2. The Morgan fingerprint density at radius 2 is 2.26 bits per heavy atom. The zero-order chi connectivity index (χ0) is 15.6. The van der Waals surface area contributed by atoms with E-state index in [0.29, 0.717) is 18.5 Å². The highest BCUT2D eigenvalue weighted by Gasteiger charge is 2.40. The minimum atomic E-state index is -0.0694. The fourth-order valence-electron chi connectivity index (χ4n) is 3.92. The normalized spacial score (nSPS) is 25.5. The Kier molecular flexibility index (Phi) is 3.73. The largest absolute Gasteiger partial charge is 0.335 e. The van der Waals surface area contributed by atoms with Gasteiger partial charge in [0, 0.05) is 31.2 Å². The predicted octanol–water partition coefficient (Wildman–Crippen LogP) is 2.26. The molecule has 0 aromatic carbocycles. The molecule has 23 heavy (non-hydrogen) atoms. The molecule has 2 aromatic rings. The van der Waals surface area contributed by atoms with Gasteiger partial charge in [0.1, 0.15) is 0 Å². The number of pyridine rings is 1. The summed E-state index contributed by atoms with van der Waals surface area (Å²) in [5.74, 6) is 2.28. The van der Waals surface area contributed by atoms with Gasteiger partial charge in [-0.1, -0.05) is 6.42 Å². The molecular formula is C17H21N5O. The van der Waals surface area contributed by atoms with Gasteiger partial charge in [-0.3, -0.25) is 0 Å². The quantitative estimate of drug-likeness (QED) is 0.909. The summed E-state index contributed by atoms with van der Waals surface area (Å²) in [5.41, 5.74) is 1.01. The molecule has 0 radical (unpaired) electrons. The van der Waals surface area contributed by atoms with Crippen molar-refractivity contribution in [2.24, 2.45) is 11.8 Å². The van der Waals surface area contributed by atoms with Crippen LogP contribution in [0.5, 0.6) is 0 Å². The Morgan fingerprint density at radius 1 is 1.30 bits per heavy atom. The summed E-state index contributed by atoms with van der Waals surface area (Å²) in [6.45, 7) is 0.490. The molecule has 4 rings (SSSR count). The summed E-state index contributed by atoms with van der Waals surface area (Å²) in [7, 11) is 0. The average molecular weight is 311 g/mol. The molecule has 1 unspecified atom stereocenters. The van der Waals surface area contributed by atoms with E-state index in [9.17, 15) is 4.79 Å². The predicted molar refractivity (Wildman–Crippen MR) is 86.0 cm³/mol. The molecule has 0 aliphatic heterocycles. The zero-order valence-corrected chi connectivity index (χ0v) is 13.0. The van der Waals surface area contributed by atoms with Crippen molar-refractivity contribution in [3.63, 3.8) is 0 Å². The number of carbonyl (C=O) groups excluding carboxylic acids is 1. The zero-order valence-electron chi connectivity index (χ0n) is 13.0. The first-order chi connectivity index (χ1) is 11.3. The van der Waals surface area contributed by atoms with Gasteiger partial charge in [-0.15, -0.1) is 0 Å². The Hall–Kier alpha value is -2.37. The van der Waals surface area contributed by atoms with Crippen molar-refractivity contribution in [2.75, 3.05) is 0 Å². The molecule has 2 aliphatic carbocycles. The second kappa shape index (κ2) is 6.02. The highest BCUT2D eigenvalue weighted by atomic mass is 16.2. The van der Waals surface area contributed by atoms with Crippen molar-refractivity contribution in [1.29, 1.82) is 0 Å². The first-order valence-corrected chi connectivity index (χ1v) is 8.27. The van der Waals surface area contributed by atoms with Crippen LogP contribution in [0.4, 0.5) is 4.79 Å². The van der Waals surface area contributed by atoms with Crippen LogP contribution in [0.3, 0.4) is 0 Å². The van der Waals surface area contributed by atoms with Crippen LogP contribution < -0.4 is 10.6 Å². The van der Waals surface area contributed by atoms with Gasteiger partial charge in [0.25, 0.3) is 0 Å². The topological polar surface area (TPSA) is 71.8 Å². The molecule has 6 heteroatoms. The summed E-state index contributed by atoms with van der Waals surface area (Å²) in [4.78, 5) is 16.4. The van der Waals surface area contributed by atoms with Crippen molar-refractivity contribution >= 4 is 6.03 Å². The summed E-state index contributed by atoms with van der Waals surface area (Å²) >= 11 is 0. The van der Waals surface area contributed by atoms with E-state index in [1.54, 1.807) is 17.1 Å². The van der Waals surface area contributed by atoms with Gasteiger partial charge in [-0.2, -0.15) is 5.10 Å². The second-order valence-electron chi connectivity index (χ2n) is 6.58. The number of amides is 2. The van der Waals surface area contributed by atoms with Crippen LogP contribution in [0.2, 0.25) is 0 Å². The van der Waals surface area contributed by atoms with Crippen LogP contribution >= 0.6 is 0 Å². The van der Waals surface area contributed by atoms with Crippen molar-refractivity contribution in [2.45, 2.75) is 38.3 Å². The summed E-state index contributed by atoms with van der Waals surface area (Å²) in [6, 6.07) is 6.00. The smallest absolute Gasteiger partial charge is 0.315 e. The van der Waals surface area contributed by atoms with Gasteiger partial charge < -0.3 is 10.6 Å². The van der Waals surface area contributed by atoms with Gasteiger partial charge in [-0.05, 0) is 54.9 Å². The van der Waals surface area contributed by atoms with Gasteiger partial charge in [0.2, 0.25) is 0 Å². The SMILES string of the molecule is O=C(NCc1ccnc(-n2cccn2)c1)N[C@H]1C[C@@H]2CCC1C2. The van der Waals surface area contributed by atoms with Crippen LogP contribution in [0, 0.1) is 11.8 Å². The molecule has 0 saturated heterocycles. The third-order valence-corrected chi connectivity index (χ3v) is 5.06. The Morgan fingerprint density at radius 3 is 3.00 bits per heavy atom. The molecule has 120 valence electrons. The fraction of sp³-hybridized carbons (Fsp3) is 0.471. The Balaban J connectivity index is 1.32. The van der Waals surface area contributed by atoms with Gasteiger partial charge in [0.15, 0.2) is 5.82 Å². The molecule has 2 N–H and O–H groups in total. The maximum Gasteiger partial charge on any atom is 0.315 e. The molecule has 2 amide bonds. The maximum atomic E-state index is 12.1. The summed E-state index contributed by atoms with van der Waals surface area (Å²) in [6.07, 6.45) is 10.4. The third-order valence-electron chi connectivity index (χ3n) is 5.06. The average Bonchev–Trinajstić information content (AvgIpc) is 3.30. The number of carbonyl (C=O) groups is 1. The lowest BCUT2D eigenvalue weighted by atomic mass is 9.95. The molecule has 2 aliphatic rings. The molecule has 2 aromatic heterocycles. The maximum absolute atomic E-state index is 12.1. The molecule has 2 saturated carbocycles. The number of rotatable bonds is 4. The number of nitrogens with zero attached hydrogens (tertiary/aromatic N) is 3. The van der Waals surface area contributed by atoms with Gasteiger partial charge in [-0.25, -0.2) is 14.5 Å². The molecular weight excluding hydrogens is 290 g/mol. The number of hydrogen-bond donors (Lipinski definition) is 2.